The number of hydrogen-bond donors (Lipinski definition) is 2. The number of nitrogens with one attached hydrogen (secondary N) is 1. The van der Waals surface area contributed by atoms with Crippen LogP contribution in [0, 0.1) is 0 Å². The van der Waals surface area contributed by atoms with E-state index in [0.29, 0.717) is 5.56 Å². The normalized spacial score (nSPS) is 23.8. The number of aliphatic hydroxyl groups excluding tert-OH is 1. The zero-order valence-electron chi connectivity index (χ0n) is 17.2. The van der Waals surface area contributed by atoms with E-state index in [1.165, 1.54) is 0 Å². The van der Waals surface area contributed by atoms with Crippen LogP contribution in [-0.2, 0) is 16.8 Å². The average Bonchev–Trinajstić information content (AvgIpc) is 3.54. The van der Waals surface area contributed by atoms with Crippen LogP contribution in [0.1, 0.15) is 66.7 Å². The molecule has 0 bridgehead atoms. The molecule has 0 saturated heterocycles. The van der Waals surface area contributed by atoms with Gasteiger partial charge in [-0.25, -0.2) is 0 Å². The lowest BCUT2D eigenvalue weighted by atomic mass is 9.67. The molecule has 2 atom stereocenters. The predicted molar refractivity (Wildman–Crippen MR) is 111 cm³/mol. The summed E-state index contributed by atoms with van der Waals surface area (Å²) >= 11 is 0. The summed E-state index contributed by atoms with van der Waals surface area (Å²) in [4.78, 5) is 28.9. The number of benzene rings is 2. The number of fused-ring (bicyclic) bond motifs is 1. The highest BCUT2D eigenvalue weighted by Crippen LogP contribution is 2.48. The molecule has 1 heterocycles. The van der Waals surface area contributed by atoms with E-state index in [2.05, 4.69) is 5.32 Å². The first-order valence-electron chi connectivity index (χ1n) is 10.3. The molecule has 2 aliphatic rings. The molecule has 1 aliphatic heterocycles. The number of rotatable bonds is 5. The SMILES string of the molecule is CC(C)N1C(=O)c2ccccc2[C@](C)(C(=O)NC2CC2)[C@@H]1c1ccc(CO)cc1. The van der Waals surface area contributed by atoms with Crippen LogP contribution in [0.25, 0.3) is 0 Å². The Morgan fingerprint density at radius 2 is 1.83 bits per heavy atom. The summed E-state index contributed by atoms with van der Waals surface area (Å²) in [5.74, 6) is -0.0923. The van der Waals surface area contributed by atoms with Crippen molar-refractivity contribution in [2.45, 2.75) is 63.8 Å². The Hall–Kier alpha value is -2.66. The molecule has 0 spiro atoms. The van der Waals surface area contributed by atoms with Crippen LogP contribution < -0.4 is 5.32 Å². The van der Waals surface area contributed by atoms with Gasteiger partial charge in [0.15, 0.2) is 0 Å². The molecule has 2 aromatic carbocycles. The molecule has 0 aromatic heterocycles. The fourth-order valence-corrected chi connectivity index (χ4v) is 4.45. The fraction of sp³-hybridized carbons (Fsp3) is 0.417. The average molecular weight is 392 g/mol. The maximum atomic E-state index is 13.6. The third kappa shape index (κ3) is 3.23. The van der Waals surface area contributed by atoms with Crippen LogP contribution in [0.3, 0.4) is 0 Å². The van der Waals surface area contributed by atoms with Crippen molar-refractivity contribution >= 4 is 11.8 Å². The first kappa shape index (κ1) is 19.6. The molecule has 1 aliphatic carbocycles. The van der Waals surface area contributed by atoms with Gasteiger partial charge in [0.2, 0.25) is 5.91 Å². The number of nitrogens with zero attached hydrogens (tertiary/aromatic N) is 1. The molecule has 4 rings (SSSR count). The van der Waals surface area contributed by atoms with Crippen molar-refractivity contribution in [2.24, 2.45) is 0 Å². The number of amides is 2. The van der Waals surface area contributed by atoms with Gasteiger partial charge in [0.05, 0.1) is 18.1 Å². The Labute approximate surface area is 171 Å². The quantitative estimate of drug-likeness (QED) is 0.820. The zero-order valence-corrected chi connectivity index (χ0v) is 17.2. The van der Waals surface area contributed by atoms with Gasteiger partial charge in [-0.15, -0.1) is 0 Å². The number of carbonyl (C=O) groups excluding carboxylic acids is 2. The minimum absolute atomic E-state index is 0.0400. The monoisotopic (exact) mass is 392 g/mol. The summed E-state index contributed by atoms with van der Waals surface area (Å²) in [5, 5.41) is 12.6. The summed E-state index contributed by atoms with van der Waals surface area (Å²) in [6.07, 6.45) is 2.01. The highest BCUT2D eigenvalue weighted by atomic mass is 16.3. The summed E-state index contributed by atoms with van der Waals surface area (Å²) in [5.41, 5.74) is 2.15. The van der Waals surface area contributed by atoms with Crippen molar-refractivity contribution in [1.82, 2.24) is 10.2 Å². The Morgan fingerprint density at radius 1 is 1.17 bits per heavy atom. The Balaban J connectivity index is 1.92. The summed E-state index contributed by atoms with van der Waals surface area (Å²) in [7, 11) is 0. The van der Waals surface area contributed by atoms with Gasteiger partial charge in [0.25, 0.3) is 5.91 Å². The number of hydrogen-bond acceptors (Lipinski definition) is 3. The van der Waals surface area contributed by atoms with Gasteiger partial charge in [0, 0.05) is 17.6 Å². The molecule has 2 N–H and O–H groups in total. The van der Waals surface area contributed by atoms with Crippen LogP contribution in [0.15, 0.2) is 48.5 Å². The van der Waals surface area contributed by atoms with E-state index in [1.54, 1.807) is 0 Å². The Bertz CT molecular complexity index is 933. The molecular formula is C24H28N2O3. The van der Waals surface area contributed by atoms with Gasteiger partial charge < -0.3 is 15.3 Å². The fourth-order valence-electron chi connectivity index (χ4n) is 4.45. The molecular weight excluding hydrogens is 364 g/mol. The standard InChI is InChI=1S/C24H28N2O3/c1-15(2)26-21(17-10-8-16(14-27)9-11-17)24(3,23(29)25-18-12-13-18)20-7-5-4-6-19(20)22(26)28/h4-11,15,18,21,27H,12-14H2,1-3H3,(H,25,29)/t21-,24-/m0/s1. The van der Waals surface area contributed by atoms with Crippen molar-refractivity contribution in [2.75, 3.05) is 0 Å². The van der Waals surface area contributed by atoms with E-state index in [9.17, 15) is 14.7 Å². The van der Waals surface area contributed by atoms with Gasteiger partial charge in [-0.05, 0) is 56.4 Å². The molecule has 5 nitrogen and oxygen atoms in total. The van der Waals surface area contributed by atoms with Crippen LogP contribution in [0.4, 0.5) is 0 Å². The highest BCUT2D eigenvalue weighted by molar-refractivity contribution is 6.03. The molecule has 152 valence electrons. The van der Waals surface area contributed by atoms with E-state index in [1.807, 2.05) is 74.2 Å². The van der Waals surface area contributed by atoms with Crippen molar-refractivity contribution in [3.63, 3.8) is 0 Å². The second-order valence-electron chi connectivity index (χ2n) is 8.60. The van der Waals surface area contributed by atoms with E-state index >= 15 is 0 Å². The summed E-state index contributed by atoms with van der Waals surface area (Å²) < 4.78 is 0. The third-order valence-corrected chi connectivity index (χ3v) is 6.20. The lowest BCUT2D eigenvalue weighted by Crippen LogP contribution is -2.59. The lowest BCUT2D eigenvalue weighted by Gasteiger charge is -2.49. The number of aliphatic hydroxyl groups is 1. The molecule has 0 radical (unpaired) electrons. The van der Waals surface area contributed by atoms with Gasteiger partial charge in [-0.1, -0.05) is 42.5 Å². The van der Waals surface area contributed by atoms with Gasteiger partial charge in [-0.2, -0.15) is 0 Å². The van der Waals surface area contributed by atoms with Crippen molar-refractivity contribution in [1.29, 1.82) is 0 Å². The van der Waals surface area contributed by atoms with Gasteiger partial charge in [0.1, 0.15) is 0 Å². The van der Waals surface area contributed by atoms with Crippen molar-refractivity contribution in [3.8, 4) is 0 Å². The minimum Gasteiger partial charge on any atom is -0.392 e. The van der Waals surface area contributed by atoms with E-state index in [-0.39, 0.29) is 30.5 Å². The van der Waals surface area contributed by atoms with Gasteiger partial charge in [-0.3, -0.25) is 9.59 Å². The summed E-state index contributed by atoms with van der Waals surface area (Å²) in [6.45, 7) is 5.89. The molecule has 1 saturated carbocycles. The molecule has 5 heteroatoms. The van der Waals surface area contributed by atoms with E-state index in [4.69, 9.17) is 0 Å². The van der Waals surface area contributed by atoms with E-state index in [0.717, 1.165) is 29.5 Å². The minimum atomic E-state index is -0.919. The maximum absolute atomic E-state index is 13.6. The van der Waals surface area contributed by atoms with Crippen LogP contribution in [0.5, 0.6) is 0 Å². The smallest absolute Gasteiger partial charge is 0.254 e. The second kappa shape index (κ2) is 7.30. The van der Waals surface area contributed by atoms with Crippen molar-refractivity contribution in [3.05, 3.63) is 70.8 Å². The highest BCUT2D eigenvalue weighted by Gasteiger charge is 2.54. The first-order chi connectivity index (χ1) is 13.9. The maximum Gasteiger partial charge on any atom is 0.254 e. The van der Waals surface area contributed by atoms with Crippen LogP contribution >= 0.6 is 0 Å². The Kier molecular flexibility index (Phi) is 4.95. The lowest BCUT2D eigenvalue weighted by molar-refractivity contribution is -0.129. The van der Waals surface area contributed by atoms with Crippen molar-refractivity contribution < 1.29 is 14.7 Å². The molecule has 2 amide bonds. The van der Waals surface area contributed by atoms with E-state index < -0.39 is 11.5 Å². The predicted octanol–water partition coefficient (Wildman–Crippen LogP) is 3.32. The molecule has 2 aromatic rings. The molecule has 29 heavy (non-hydrogen) atoms. The Morgan fingerprint density at radius 3 is 2.41 bits per heavy atom. The zero-order chi connectivity index (χ0) is 20.8. The number of carbonyl (C=O) groups is 2. The largest absolute Gasteiger partial charge is 0.392 e. The topological polar surface area (TPSA) is 69.6 Å². The molecule has 0 unspecified atom stereocenters. The third-order valence-electron chi connectivity index (χ3n) is 6.20. The van der Waals surface area contributed by atoms with Crippen LogP contribution in [0.2, 0.25) is 0 Å². The second-order valence-corrected chi connectivity index (χ2v) is 8.60. The summed E-state index contributed by atoms with van der Waals surface area (Å²) in [6, 6.07) is 14.8. The first-order valence-corrected chi connectivity index (χ1v) is 10.3. The van der Waals surface area contributed by atoms with Gasteiger partial charge >= 0.3 is 0 Å². The molecule has 1 fully saturated rings. The van der Waals surface area contributed by atoms with Crippen LogP contribution in [-0.4, -0.2) is 33.9 Å².